The Morgan fingerprint density at radius 1 is 1.44 bits per heavy atom. The van der Waals surface area contributed by atoms with Crippen LogP contribution in [-0.4, -0.2) is 40.9 Å². The average molecular weight is 272 g/mol. The van der Waals surface area contributed by atoms with Gasteiger partial charge < -0.3 is 10.6 Å². The summed E-state index contributed by atoms with van der Waals surface area (Å²) in [7, 11) is 1.92. The second-order valence-corrected chi connectivity index (χ2v) is 6.98. The fraction of sp³-hybridized carbons (Fsp3) is 0.929. The zero-order valence-corrected chi connectivity index (χ0v) is 13.0. The Hall–Kier alpha value is -0.220. The van der Waals surface area contributed by atoms with Gasteiger partial charge in [0.2, 0.25) is 5.91 Å². The van der Waals surface area contributed by atoms with E-state index in [2.05, 4.69) is 20.8 Å². The van der Waals surface area contributed by atoms with E-state index in [1.54, 1.807) is 0 Å². The molecule has 1 fully saturated rings. The van der Waals surface area contributed by atoms with E-state index in [0.717, 1.165) is 24.5 Å². The zero-order chi connectivity index (χ0) is 13.7. The number of hydrogen-bond acceptors (Lipinski definition) is 3. The topological polar surface area (TPSA) is 46.3 Å². The molecule has 1 amide bonds. The molecule has 2 N–H and O–H groups in total. The molecule has 0 aromatic carbocycles. The second kappa shape index (κ2) is 7.39. The molecule has 3 nitrogen and oxygen atoms in total. The van der Waals surface area contributed by atoms with Crippen molar-refractivity contribution in [2.75, 3.05) is 12.8 Å². The average Bonchev–Trinajstić information content (AvgIpc) is 2.84. The summed E-state index contributed by atoms with van der Waals surface area (Å²) < 4.78 is 0. The normalized spacial score (nSPS) is 26.9. The Morgan fingerprint density at radius 3 is 2.67 bits per heavy atom. The molecule has 1 aliphatic carbocycles. The molecule has 0 aliphatic heterocycles. The van der Waals surface area contributed by atoms with E-state index < -0.39 is 0 Å². The third kappa shape index (κ3) is 3.89. The highest BCUT2D eigenvalue weighted by molar-refractivity contribution is 7.99. The molecule has 0 aromatic heterocycles. The van der Waals surface area contributed by atoms with Crippen LogP contribution in [0.4, 0.5) is 0 Å². The molecule has 1 aliphatic rings. The number of hydrogen-bond donors (Lipinski definition) is 1. The number of carbonyl (C=O) groups excluding carboxylic acids is 1. The Balaban J connectivity index is 2.49. The Morgan fingerprint density at radius 2 is 2.11 bits per heavy atom. The highest BCUT2D eigenvalue weighted by Crippen LogP contribution is 2.32. The van der Waals surface area contributed by atoms with Crippen LogP contribution in [0.1, 0.15) is 46.5 Å². The van der Waals surface area contributed by atoms with Crippen molar-refractivity contribution in [1.82, 2.24) is 4.90 Å². The van der Waals surface area contributed by atoms with Gasteiger partial charge in [-0.1, -0.05) is 27.2 Å². The van der Waals surface area contributed by atoms with Gasteiger partial charge in [0.15, 0.2) is 0 Å². The number of nitrogens with two attached hydrogens (primary N) is 1. The molecule has 0 radical (unpaired) electrons. The summed E-state index contributed by atoms with van der Waals surface area (Å²) in [4.78, 5) is 14.2. The van der Waals surface area contributed by atoms with Gasteiger partial charge >= 0.3 is 0 Å². The minimum absolute atomic E-state index is 0.122. The number of carbonyl (C=O) groups is 1. The van der Waals surface area contributed by atoms with Gasteiger partial charge in [0, 0.05) is 18.3 Å². The lowest BCUT2D eigenvalue weighted by Gasteiger charge is -2.29. The molecule has 0 heterocycles. The molecule has 0 saturated heterocycles. The van der Waals surface area contributed by atoms with Crippen molar-refractivity contribution in [3.63, 3.8) is 0 Å². The molecule has 4 unspecified atom stereocenters. The number of nitrogens with zero attached hydrogens (tertiary/aromatic N) is 1. The first-order chi connectivity index (χ1) is 8.51. The van der Waals surface area contributed by atoms with Crippen molar-refractivity contribution in [1.29, 1.82) is 0 Å². The standard InChI is InChI=1S/C14H28N2OS/c1-5-10(3)13(15)14(17)16(4)11-7-8-12(9-11)18-6-2/h10-13H,5-9,15H2,1-4H3. The van der Waals surface area contributed by atoms with Gasteiger partial charge in [0.25, 0.3) is 0 Å². The van der Waals surface area contributed by atoms with E-state index in [4.69, 9.17) is 5.73 Å². The molecule has 0 aromatic rings. The van der Waals surface area contributed by atoms with Crippen molar-refractivity contribution in [3.05, 3.63) is 0 Å². The third-order valence-electron chi connectivity index (χ3n) is 4.20. The quantitative estimate of drug-likeness (QED) is 0.808. The Kier molecular flexibility index (Phi) is 6.50. The summed E-state index contributed by atoms with van der Waals surface area (Å²) in [5.41, 5.74) is 6.04. The van der Waals surface area contributed by atoms with E-state index in [1.807, 2.05) is 23.7 Å². The fourth-order valence-electron chi connectivity index (χ4n) is 2.57. The molecule has 106 valence electrons. The highest BCUT2D eigenvalue weighted by atomic mass is 32.2. The Bertz CT molecular complexity index is 273. The van der Waals surface area contributed by atoms with Crippen LogP contribution in [0.2, 0.25) is 0 Å². The van der Waals surface area contributed by atoms with Crippen LogP contribution in [-0.2, 0) is 4.79 Å². The highest BCUT2D eigenvalue weighted by Gasteiger charge is 2.32. The lowest BCUT2D eigenvalue weighted by molar-refractivity contribution is -0.134. The molecular weight excluding hydrogens is 244 g/mol. The fourth-order valence-corrected chi connectivity index (χ4v) is 3.70. The van der Waals surface area contributed by atoms with Gasteiger partial charge in [0.1, 0.15) is 0 Å². The van der Waals surface area contributed by atoms with Crippen LogP contribution in [0.3, 0.4) is 0 Å². The van der Waals surface area contributed by atoms with Crippen LogP contribution in [0.25, 0.3) is 0 Å². The SMILES string of the molecule is CCSC1CCC(N(C)C(=O)C(N)C(C)CC)C1. The third-order valence-corrected chi connectivity index (χ3v) is 5.43. The maximum absolute atomic E-state index is 12.3. The molecule has 4 heteroatoms. The van der Waals surface area contributed by atoms with Gasteiger partial charge in [-0.25, -0.2) is 0 Å². The minimum Gasteiger partial charge on any atom is -0.341 e. The van der Waals surface area contributed by atoms with Gasteiger partial charge in [-0.05, 0) is 30.9 Å². The first-order valence-electron chi connectivity index (χ1n) is 7.15. The van der Waals surface area contributed by atoms with Crippen LogP contribution >= 0.6 is 11.8 Å². The van der Waals surface area contributed by atoms with E-state index in [-0.39, 0.29) is 17.9 Å². The van der Waals surface area contributed by atoms with Crippen LogP contribution in [0, 0.1) is 5.92 Å². The van der Waals surface area contributed by atoms with Gasteiger partial charge in [-0.2, -0.15) is 11.8 Å². The van der Waals surface area contributed by atoms with Crippen LogP contribution < -0.4 is 5.73 Å². The summed E-state index contributed by atoms with van der Waals surface area (Å²) in [5, 5.41) is 0.732. The van der Waals surface area contributed by atoms with Gasteiger partial charge in [-0.15, -0.1) is 0 Å². The van der Waals surface area contributed by atoms with Crippen molar-refractivity contribution in [2.24, 2.45) is 11.7 Å². The monoisotopic (exact) mass is 272 g/mol. The maximum atomic E-state index is 12.3. The molecule has 18 heavy (non-hydrogen) atoms. The van der Waals surface area contributed by atoms with Gasteiger partial charge in [0.05, 0.1) is 6.04 Å². The first kappa shape index (κ1) is 15.8. The Labute approximate surface area is 116 Å². The number of likely N-dealkylation sites (N-methyl/N-ethyl adjacent to an activating group) is 1. The van der Waals surface area contributed by atoms with E-state index in [0.29, 0.717) is 6.04 Å². The van der Waals surface area contributed by atoms with Crippen LogP contribution in [0.5, 0.6) is 0 Å². The lowest BCUT2D eigenvalue weighted by atomic mass is 9.98. The summed E-state index contributed by atoms with van der Waals surface area (Å²) in [6, 6.07) is 0.0644. The summed E-state index contributed by atoms with van der Waals surface area (Å²) >= 11 is 2.02. The van der Waals surface area contributed by atoms with Crippen molar-refractivity contribution >= 4 is 17.7 Å². The largest absolute Gasteiger partial charge is 0.341 e. The smallest absolute Gasteiger partial charge is 0.239 e. The number of thioether (sulfide) groups is 1. The zero-order valence-electron chi connectivity index (χ0n) is 12.2. The van der Waals surface area contributed by atoms with Crippen molar-refractivity contribution in [3.8, 4) is 0 Å². The summed E-state index contributed by atoms with van der Waals surface area (Å²) in [6.07, 6.45) is 4.46. The van der Waals surface area contributed by atoms with Crippen LogP contribution in [0.15, 0.2) is 0 Å². The predicted octanol–water partition coefficient (Wildman–Crippen LogP) is 2.49. The van der Waals surface area contributed by atoms with Gasteiger partial charge in [-0.3, -0.25) is 4.79 Å². The second-order valence-electron chi connectivity index (χ2n) is 5.40. The number of amides is 1. The number of rotatable bonds is 6. The van der Waals surface area contributed by atoms with E-state index >= 15 is 0 Å². The lowest BCUT2D eigenvalue weighted by Crippen LogP contribution is -2.48. The van der Waals surface area contributed by atoms with Crippen molar-refractivity contribution in [2.45, 2.75) is 63.8 Å². The maximum Gasteiger partial charge on any atom is 0.239 e. The molecular formula is C14H28N2OS. The molecule has 0 bridgehead atoms. The molecule has 1 saturated carbocycles. The molecule has 1 rings (SSSR count). The van der Waals surface area contributed by atoms with E-state index in [9.17, 15) is 4.79 Å². The first-order valence-corrected chi connectivity index (χ1v) is 8.19. The minimum atomic E-state index is -0.335. The summed E-state index contributed by atoms with van der Waals surface area (Å²) in [6.45, 7) is 6.34. The predicted molar refractivity (Wildman–Crippen MR) is 79.8 cm³/mol. The molecule has 0 spiro atoms. The van der Waals surface area contributed by atoms with Crippen molar-refractivity contribution < 1.29 is 4.79 Å². The van der Waals surface area contributed by atoms with E-state index in [1.165, 1.54) is 12.2 Å². The summed E-state index contributed by atoms with van der Waals surface area (Å²) in [5.74, 6) is 1.56. The molecule has 4 atom stereocenters.